The van der Waals surface area contributed by atoms with Crippen LogP contribution in [0.4, 0.5) is 0 Å². The van der Waals surface area contributed by atoms with Gasteiger partial charge in [-0.1, -0.05) is 23.7 Å². The highest BCUT2D eigenvalue weighted by atomic mass is 35.5. The minimum Gasteiger partial charge on any atom is -0.478 e. The van der Waals surface area contributed by atoms with Gasteiger partial charge in [-0.25, -0.2) is 4.79 Å². The molecule has 2 aromatic heterocycles. The zero-order chi connectivity index (χ0) is 18.4. The van der Waals surface area contributed by atoms with Crippen molar-refractivity contribution in [2.24, 2.45) is 0 Å². The number of hydrogen-bond acceptors (Lipinski definition) is 2. The first-order chi connectivity index (χ1) is 12.4. The Hall–Kier alpha value is -2.98. The van der Waals surface area contributed by atoms with E-state index in [1.165, 1.54) is 0 Å². The van der Waals surface area contributed by atoms with Gasteiger partial charge in [0.1, 0.15) is 5.58 Å². The molecule has 0 aliphatic rings. The van der Waals surface area contributed by atoms with E-state index in [1.807, 2.05) is 38.1 Å². The third kappa shape index (κ3) is 2.68. The normalized spacial score (nSPS) is 11.2. The number of aromatic amines is 1. The Balaban J connectivity index is 1.74. The SMILES string of the molecule is Cc1c(Cl)cc(C)c2oc(-c3ccc(-c4ccc(C(=O)O)cc4)[nH]3)cc12. The number of halogens is 1. The summed E-state index contributed by atoms with van der Waals surface area (Å²) >= 11 is 6.28. The van der Waals surface area contributed by atoms with E-state index in [0.29, 0.717) is 0 Å². The first-order valence-corrected chi connectivity index (χ1v) is 8.54. The van der Waals surface area contributed by atoms with Gasteiger partial charge in [-0.15, -0.1) is 0 Å². The number of fused-ring (bicyclic) bond motifs is 1. The van der Waals surface area contributed by atoms with Crippen LogP contribution in [-0.4, -0.2) is 16.1 Å². The molecule has 2 N–H and O–H groups in total. The van der Waals surface area contributed by atoms with Crippen LogP contribution >= 0.6 is 11.6 Å². The zero-order valence-corrected chi connectivity index (χ0v) is 15.0. The molecule has 4 aromatic rings. The van der Waals surface area contributed by atoms with Crippen molar-refractivity contribution in [3.63, 3.8) is 0 Å². The molecule has 0 amide bonds. The van der Waals surface area contributed by atoms with Crippen molar-refractivity contribution in [3.8, 4) is 22.7 Å². The van der Waals surface area contributed by atoms with Crippen LogP contribution in [0.2, 0.25) is 5.02 Å². The molecule has 130 valence electrons. The van der Waals surface area contributed by atoms with Crippen LogP contribution in [0.25, 0.3) is 33.7 Å². The Labute approximate surface area is 155 Å². The first-order valence-electron chi connectivity index (χ1n) is 8.16. The Morgan fingerprint density at radius 2 is 1.73 bits per heavy atom. The molecular weight excluding hydrogens is 350 g/mol. The van der Waals surface area contributed by atoms with Crippen LogP contribution in [-0.2, 0) is 0 Å². The number of H-pyrrole nitrogens is 1. The number of carbonyl (C=O) groups is 1. The first kappa shape index (κ1) is 16.5. The van der Waals surface area contributed by atoms with Crippen LogP contribution in [0, 0.1) is 13.8 Å². The average Bonchev–Trinajstić information content (AvgIpc) is 3.27. The molecule has 0 saturated heterocycles. The fourth-order valence-corrected chi connectivity index (χ4v) is 3.35. The van der Waals surface area contributed by atoms with Gasteiger partial charge < -0.3 is 14.5 Å². The Kier molecular flexibility index (Phi) is 3.85. The second-order valence-electron chi connectivity index (χ2n) is 6.32. The summed E-state index contributed by atoms with van der Waals surface area (Å²) in [5.74, 6) is -0.197. The summed E-state index contributed by atoms with van der Waals surface area (Å²) in [4.78, 5) is 14.3. The van der Waals surface area contributed by atoms with E-state index in [1.54, 1.807) is 24.3 Å². The summed E-state index contributed by atoms with van der Waals surface area (Å²) in [6, 6.07) is 14.6. The summed E-state index contributed by atoms with van der Waals surface area (Å²) in [5.41, 5.74) is 5.76. The van der Waals surface area contributed by atoms with E-state index in [-0.39, 0.29) is 5.56 Å². The third-order valence-corrected chi connectivity index (χ3v) is 4.98. The number of hydrogen-bond donors (Lipinski definition) is 2. The lowest BCUT2D eigenvalue weighted by Crippen LogP contribution is -1.94. The van der Waals surface area contributed by atoms with Crippen LogP contribution < -0.4 is 0 Å². The highest BCUT2D eigenvalue weighted by molar-refractivity contribution is 6.32. The van der Waals surface area contributed by atoms with Gasteiger partial charge in [0.25, 0.3) is 0 Å². The molecule has 5 heteroatoms. The number of carboxylic acids is 1. The predicted octanol–water partition coefficient (Wildman–Crippen LogP) is 6.06. The fraction of sp³-hybridized carbons (Fsp3) is 0.0952. The van der Waals surface area contributed by atoms with Crippen molar-refractivity contribution < 1.29 is 14.3 Å². The number of nitrogens with one attached hydrogen (secondary N) is 1. The topological polar surface area (TPSA) is 66.2 Å². The van der Waals surface area contributed by atoms with Crippen LogP contribution in [0.5, 0.6) is 0 Å². The van der Waals surface area contributed by atoms with Crippen molar-refractivity contribution >= 4 is 28.5 Å². The molecule has 0 spiro atoms. The molecule has 0 atom stereocenters. The van der Waals surface area contributed by atoms with Crippen LogP contribution in [0.15, 0.2) is 52.9 Å². The molecule has 0 bridgehead atoms. The third-order valence-electron chi connectivity index (χ3n) is 4.59. The maximum absolute atomic E-state index is 11.0. The zero-order valence-electron chi connectivity index (χ0n) is 14.3. The predicted molar refractivity (Wildman–Crippen MR) is 103 cm³/mol. The van der Waals surface area contributed by atoms with Gasteiger partial charge in [0.15, 0.2) is 5.76 Å². The minimum absolute atomic E-state index is 0.264. The standard InChI is InChI=1S/C21H16ClNO3/c1-11-9-16(22)12(2)15-10-19(26-20(11)15)18-8-7-17(23-18)13-3-5-14(6-4-13)21(24)25/h3-10,23H,1-2H3,(H,24,25). The summed E-state index contributed by atoms with van der Waals surface area (Å²) in [5, 5.41) is 10.7. The van der Waals surface area contributed by atoms with Crippen molar-refractivity contribution in [1.29, 1.82) is 0 Å². The molecule has 2 heterocycles. The summed E-state index contributed by atoms with van der Waals surface area (Å²) < 4.78 is 6.05. The highest BCUT2D eigenvalue weighted by Gasteiger charge is 2.14. The van der Waals surface area contributed by atoms with Crippen molar-refractivity contribution in [1.82, 2.24) is 4.98 Å². The van der Waals surface area contributed by atoms with Gasteiger partial charge in [0, 0.05) is 16.1 Å². The van der Waals surface area contributed by atoms with E-state index in [4.69, 9.17) is 21.1 Å². The average molecular weight is 366 g/mol. The Bertz CT molecular complexity index is 1140. The van der Waals surface area contributed by atoms with Gasteiger partial charge in [-0.2, -0.15) is 0 Å². The summed E-state index contributed by atoms with van der Waals surface area (Å²) in [6.07, 6.45) is 0. The number of furan rings is 1. The van der Waals surface area contributed by atoms with E-state index in [0.717, 1.165) is 49.8 Å². The number of rotatable bonds is 3. The van der Waals surface area contributed by atoms with Gasteiger partial charge in [-0.3, -0.25) is 0 Å². The number of carboxylic acid groups (broad SMARTS) is 1. The van der Waals surface area contributed by atoms with Crippen LogP contribution in [0.1, 0.15) is 21.5 Å². The van der Waals surface area contributed by atoms with Crippen molar-refractivity contribution in [3.05, 3.63) is 70.2 Å². The molecular formula is C21H16ClNO3. The lowest BCUT2D eigenvalue weighted by atomic mass is 10.1. The molecule has 2 aromatic carbocycles. The lowest BCUT2D eigenvalue weighted by Gasteiger charge is -2.01. The summed E-state index contributed by atoms with van der Waals surface area (Å²) in [7, 11) is 0. The second kappa shape index (κ2) is 6.07. The van der Waals surface area contributed by atoms with Crippen molar-refractivity contribution in [2.75, 3.05) is 0 Å². The molecule has 0 unspecified atom stereocenters. The lowest BCUT2D eigenvalue weighted by molar-refractivity contribution is 0.0697. The largest absolute Gasteiger partial charge is 0.478 e. The summed E-state index contributed by atoms with van der Waals surface area (Å²) in [6.45, 7) is 3.96. The van der Waals surface area contributed by atoms with E-state index >= 15 is 0 Å². The van der Waals surface area contributed by atoms with Crippen LogP contribution in [0.3, 0.4) is 0 Å². The minimum atomic E-state index is -0.935. The monoisotopic (exact) mass is 365 g/mol. The second-order valence-corrected chi connectivity index (χ2v) is 6.73. The Morgan fingerprint density at radius 3 is 2.42 bits per heavy atom. The Morgan fingerprint density at radius 1 is 1.04 bits per heavy atom. The molecule has 0 aliphatic heterocycles. The van der Waals surface area contributed by atoms with Crippen molar-refractivity contribution in [2.45, 2.75) is 13.8 Å². The van der Waals surface area contributed by atoms with E-state index in [9.17, 15) is 4.79 Å². The van der Waals surface area contributed by atoms with E-state index < -0.39 is 5.97 Å². The molecule has 4 nitrogen and oxygen atoms in total. The molecule has 0 fully saturated rings. The van der Waals surface area contributed by atoms with Gasteiger partial charge >= 0.3 is 5.97 Å². The smallest absolute Gasteiger partial charge is 0.335 e. The molecule has 0 aliphatic carbocycles. The molecule has 0 saturated carbocycles. The van der Waals surface area contributed by atoms with Gasteiger partial charge in [0.05, 0.1) is 11.3 Å². The number of aromatic carboxylic acids is 1. The number of aromatic nitrogens is 1. The quantitative estimate of drug-likeness (QED) is 0.463. The maximum atomic E-state index is 11.0. The molecule has 0 radical (unpaired) electrons. The molecule has 26 heavy (non-hydrogen) atoms. The molecule has 4 rings (SSSR count). The number of aryl methyl sites for hydroxylation is 2. The fourth-order valence-electron chi connectivity index (χ4n) is 3.09. The van der Waals surface area contributed by atoms with E-state index in [2.05, 4.69) is 4.98 Å². The van der Waals surface area contributed by atoms with Gasteiger partial charge in [0.2, 0.25) is 0 Å². The maximum Gasteiger partial charge on any atom is 0.335 e. The highest BCUT2D eigenvalue weighted by Crippen LogP contribution is 2.35. The number of benzene rings is 2. The van der Waals surface area contributed by atoms with Gasteiger partial charge in [-0.05, 0) is 66.9 Å².